The van der Waals surface area contributed by atoms with Crippen LogP contribution in [-0.4, -0.2) is 22.4 Å². The van der Waals surface area contributed by atoms with E-state index in [0.29, 0.717) is 17.1 Å². The number of benzene rings is 2. The van der Waals surface area contributed by atoms with E-state index in [-0.39, 0.29) is 11.6 Å². The van der Waals surface area contributed by atoms with Gasteiger partial charge in [-0.25, -0.2) is 9.97 Å². The molecule has 6 heteroatoms. The first-order valence-corrected chi connectivity index (χ1v) is 8.58. The zero-order valence-electron chi connectivity index (χ0n) is 15.2. The van der Waals surface area contributed by atoms with Crippen LogP contribution in [0.25, 0.3) is 0 Å². The Bertz CT molecular complexity index is 975. The highest BCUT2D eigenvalue weighted by atomic mass is 16.1. The lowest BCUT2D eigenvalue weighted by atomic mass is 10.2. The minimum absolute atomic E-state index is 0.225. The minimum atomic E-state index is -0.350. The van der Waals surface area contributed by atoms with E-state index in [9.17, 15) is 4.79 Å². The maximum absolute atomic E-state index is 12.3. The van der Waals surface area contributed by atoms with E-state index >= 15 is 0 Å². The molecule has 134 valence electrons. The normalized spacial score (nSPS) is 10.1. The van der Waals surface area contributed by atoms with Gasteiger partial charge in [0, 0.05) is 17.9 Å². The van der Waals surface area contributed by atoms with Crippen LogP contribution in [0, 0.1) is 18.3 Å². The number of hydrogen-bond donors (Lipinski definition) is 1. The Morgan fingerprint density at radius 1 is 1.15 bits per heavy atom. The number of rotatable bonds is 5. The van der Waals surface area contributed by atoms with Gasteiger partial charge in [0.1, 0.15) is 5.69 Å². The molecule has 27 heavy (non-hydrogen) atoms. The molecule has 6 nitrogen and oxygen atoms in total. The molecule has 1 aromatic heterocycles. The van der Waals surface area contributed by atoms with Crippen molar-refractivity contribution in [3.8, 4) is 6.07 Å². The van der Waals surface area contributed by atoms with Crippen molar-refractivity contribution >= 4 is 23.1 Å². The second-order valence-electron chi connectivity index (χ2n) is 5.99. The van der Waals surface area contributed by atoms with Crippen LogP contribution >= 0.6 is 0 Å². The van der Waals surface area contributed by atoms with E-state index in [4.69, 9.17) is 5.26 Å². The average molecular weight is 357 g/mol. The molecule has 3 rings (SSSR count). The number of carbonyl (C=O) groups is 1. The molecule has 0 unspecified atom stereocenters. The summed E-state index contributed by atoms with van der Waals surface area (Å²) in [4.78, 5) is 23.0. The predicted octanol–water partition coefficient (Wildman–Crippen LogP) is 4.07. The van der Waals surface area contributed by atoms with Gasteiger partial charge in [-0.15, -0.1) is 0 Å². The van der Waals surface area contributed by atoms with Gasteiger partial charge >= 0.3 is 0 Å². The number of nitriles is 1. The van der Waals surface area contributed by atoms with E-state index < -0.39 is 0 Å². The second kappa shape index (κ2) is 8.11. The Kier molecular flexibility index (Phi) is 5.43. The van der Waals surface area contributed by atoms with Crippen molar-refractivity contribution in [1.29, 1.82) is 5.26 Å². The zero-order valence-corrected chi connectivity index (χ0v) is 15.2. The molecule has 0 atom stereocenters. The van der Waals surface area contributed by atoms with E-state index in [1.54, 1.807) is 30.5 Å². The van der Waals surface area contributed by atoms with Gasteiger partial charge in [-0.3, -0.25) is 4.79 Å². The summed E-state index contributed by atoms with van der Waals surface area (Å²) in [5, 5.41) is 11.6. The van der Waals surface area contributed by atoms with Crippen LogP contribution in [0.4, 0.5) is 17.2 Å². The molecule has 3 aromatic rings. The first-order valence-electron chi connectivity index (χ1n) is 8.58. The molecule has 0 bridgehead atoms. The summed E-state index contributed by atoms with van der Waals surface area (Å²) in [6.07, 6.45) is 3.06. The standard InChI is InChI=1S/C21H19N5O/c1-3-26(18-6-4-5-15(2)11-18)20-14-23-19(13-24-20)21(27)25-17-9-7-16(12-22)8-10-17/h4-11,13-14H,3H2,1-2H3,(H,25,27). The molecular formula is C21H19N5O. The molecule has 0 saturated carbocycles. The van der Waals surface area contributed by atoms with Gasteiger partial charge in [-0.1, -0.05) is 12.1 Å². The van der Waals surface area contributed by atoms with Crippen LogP contribution in [0.15, 0.2) is 60.9 Å². The summed E-state index contributed by atoms with van der Waals surface area (Å²) in [6.45, 7) is 4.81. The molecule has 0 saturated heterocycles. The molecule has 0 fully saturated rings. The van der Waals surface area contributed by atoms with Gasteiger partial charge in [0.15, 0.2) is 5.82 Å². The molecule has 0 spiro atoms. The highest BCUT2D eigenvalue weighted by Gasteiger charge is 2.12. The van der Waals surface area contributed by atoms with Crippen molar-refractivity contribution in [1.82, 2.24) is 9.97 Å². The second-order valence-corrected chi connectivity index (χ2v) is 5.99. The third-order valence-corrected chi connectivity index (χ3v) is 4.05. The number of aryl methyl sites for hydroxylation is 1. The van der Waals surface area contributed by atoms with Gasteiger partial charge in [-0.2, -0.15) is 5.26 Å². The topological polar surface area (TPSA) is 81.9 Å². The van der Waals surface area contributed by atoms with E-state index in [2.05, 4.69) is 21.4 Å². The number of nitrogens with zero attached hydrogens (tertiary/aromatic N) is 4. The maximum atomic E-state index is 12.3. The highest BCUT2D eigenvalue weighted by Crippen LogP contribution is 2.23. The molecule has 0 aliphatic heterocycles. The molecule has 0 aliphatic carbocycles. The van der Waals surface area contributed by atoms with Gasteiger partial charge in [0.25, 0.3) is 5.91 Å². The van der Waals surface area contributed by atoms with Crippen molar-refractivity contribution in [2.45, 2.75) is 13.8 Å². The molecule has 0 radical (unpaired) electrons. The summed E-state index contributed by atoms with van der Waals surface area (Å²) in [5.41, 5.74) is 3.55. The zero-order chi connectivity index (χ0) is 19.2. The fraction of sp³-hybridized carbons (Fsp3) is 0.143. The fourth-order valence-electron chi connectivity index (χ4n) is 2.67. The Labute approximate surface area is 158 Å². The van der Waals surface area contributed by atoms with Crippen LogP contribution in [-0.2, 0) is 0 Å². The van der Waals surface area contributed by atoms with Gasteiger partial charge < -0.3 is 10.2 Å². The molecule has 1 amide bonds. The summed E-state index contributed by atoms with van der Waals surface area (Å²) in [5.74, 6) is 0.329. The van der Waals surface area contributed by atoms with Crippen molar-refractivity contribution < 1.29 is 4.79 Å². The summed E-state index contributed by atoms with van der Waals surface area (Å²) in [6, 6.07) is 16.8. The first kappa shape index (κ1) is 18.1. The third kappa shape index (κ3) is 4.28. The summed E-state index contributed by atoms with van der Waals surface area (Å²) >= 11 is 0. The quantitative estimate of drug-likeness (QED) is 0.744. The van der Waals surface area contributed by atoms with E-state index in [1.807, 2.05) is 43.0 Å². The molecule has 1 heterocycles. The highest BCUT2D eigenvalue weighted by molar-refractivity contribution is 6.02. The average Bonchev–Trinajstić information content (AvgIpc) is 2.70. The lowest BCUT2D eigenvalue weighted by Gasteiger charge is -2.22. The smallest absolute Gasteiger partial charge is 0.275 e. The molecule has 2 aromatic carbocycles. The van der Waals surface area contributed by atoms with Gasteiger partial charge in [0.2, 0.25) is 0 Å². The molecule has 0 aliphatic rings. The lowest BCUT2D eigenvalue weighted by molar-refractivity contribution is 0.102. The van der Waals surface area contributed by atoms with E-state index in [1.165, 1.54) is 6.20 Å². The number of aromatic nitrogens is 2. The molecule has 1 N–H and O–H groups in total. The van der Waals surface area contributed by atoms with Crippen LogP contribution in [0.2, 0.25) is 0 Å². The molecular weight excluding hydrogens is 338 g/mol. The summed E-state index contributed by atoms with van der Waals surface area (Å²) in [7, 11) is 0. The summed E-state index contributed by atoms with van der Waals surface area (Å²) < 4.78 is 0. The number of hydrogen-bond acceptors (Lipinski definition) is 5. The monoisotopic (exact) mass is 357 g/mol. The Hall–Kier alpha value is -3.72. The lowest BCUT2D eigenvalue weighted by Crippen LogP contribution is -2.19. The van der Waals surface area contributed by atoms with Crippen LogP contribution in [0.3, 0.4) is 0 Å². The van der Waals surface area contributed by atoms with Crippen LogP contribution < -0.4 is 10.2 Å². The van der Waals surface area contributed by atoms with E-state index in [0.717, 1.165) is 17.8 Å². The first-order chi connectivity index (χ1) is 13.1. The number of carbonyl (C=O) groups excluding carboxylic acids is 1. The van der Waals surface area contributed by atoms with Crippen molar-refractivity contribution in [3.63, 3.8) is 0 Å². The van der Waals surface area contributed by atoms with Crippen molar-refractivity contribution in [3.05, 3.63) is 77.7 Å². The minimum Gasteiger partial charge on any atom is -0.325 e. The Morgan fingerprint density at radius 2 is 1.93 bits per heavy atom. The van der Waals surface area contributed by atoms with Gasteiger partial charge in [-0.05, 0) is 55.8 Å². The van der Waals surface area contributed by atoms with Crippen molar-refractivity contribution in [2.24, 2.45) is 0 Å². The third-order valence-electron chi connectivity index (χ3n) is 4.05. The van der Waals surface area contributed by atoms with Crippen LogP contribution in [0.1, 0.15) is 28.5 Å². The number of nitrogens with one attached hydrogen (secondary N) is 1. The Balaban J connectivity index is 1.75. The largest absolute Gasteiger partial charge is 0.325 e. The maximum Gasteiger partial charge on any atom is 0.275 e. The SMILES string of the molecule is CCN(c1cccc(C)c1)c1cnc(C(=O)Nc2ccc(C#N)cc2)cn1. The fourth-order valence-corrected chi connectivity index (χ4v) is 2.67. The predicted molar refractivity (Wildman–Crippen MR) is 105 cm³/mol. The number of amides is 1. The van der Waals surface area contributed by atoms with Crippen molar-refractivity contribution in [2.75, 3.05) is 16.8 Å². The number of anilines is 3. The van der Waals surface area contributed by atoms with Gasteiger partial charge in [0.05, 0.1) is 24.0 Å². The van der Waals surface area contributed by atoms with Crippen LogP contribution in [0.5, 0.6) is 0 Å². The Morgan fingerprint density at radius 3 is 2.52 bits per heavy atom.